The first-order valence-electron chi connectivity index (χ1n) is 7.17. The fourth-order valence-electron chi connectivity index (χ4n) is 2.15. The average Bonchev–Trinajstić information content (AvgIpc) is 3.28. The first kappa shape index (κ1) is 14.8. The Morgan fingerprint density at radius 1 is 1.40 bits per heavy atom. The van der Waals surface area contributed by atoms with Gasteiger partial charge in [0.15, 0.2) is 0 Å². The van der Waals surface area contributed by atoms with Gasteiger partial charge in [0.1, 0.15) is 11.3 Å². The van der Waals surface area contributed by atoms with Crippen LogP contribution in [0.2, 0.25) is 0 Å². The SMILES string of the molecule is CC(C#N)(CCCOc1ccc(CO)cc1)NC1CC1. The number of benzene rings is 1. The van der Waals surface area contributed by atoms with E-state index >= 15 is 0 Å². The minimum atomic E-state index is -0.439. The molecule has 0 heterocycles. The van der Waals surface area contributed by atoms with Crippen LogP contribution in [0.4, 0.5) is 0 Å². The first-order chi connectivity index (χ1) is 9.65. The van der Waals surface area contributed by atoms with Crippen molar-refractivity contribution in [1.82, 2.24) is 5.32 Å². The molecule has 1 aromatic rings. The molecule has 1 saturated carbocycles. The topological polar surface area (TPSA) is 65.3 Å². The molecule has 0 bridgehead atoms. The maximum Gasteiger partial charge on any atom is 0.119 e. The van der Waals surface area contributed by atoms with Crippen molar-refractivity contribution in [2.45, 2.75) is 50.8 Å². The molecule has 1 aliphatic carbocycles. The van der Waals surface area contributed by atoms with Crippen LogP contribution in [0, 0.1) is 11.3 Å². The Morgan fingerprint density at radius 2 is 2.10 bits per heavy atom. The zero-order valence-electron chi connectivity index (χ0n) is 11.9. The Balaban J connectivity index is 1.70. The highest BCUT2D eigenvalue weighted by Gasteiger charge is 2.31. The van der Waals surface area contributed by atoms with Gasteiger partial charge < -0.3 is 9.84 Å². The van der Waals surface area contributed by atoms with Gasteiger partial charge in [0, 0.05) is 6.04 Å². The molecule has 0 aliphatic heterocycles. The van der Waals surface area contributed by atoms with Gasteiger partial charge in [0.2, 0.25) is 0 Å². The number of aliphatic hydroxyl groups is 1. The van der Waals surface area contributed by atoms with Crippen molar-refractivity contribution >= 4 is 0 Å². The molecule has 2 N–H and O–H groups in total. The van der Waals surface area contributed by atoms with Crippen molar-refractivity contribution < 1.29 is 9.84 Å². The summed E-state index contributed by atoms with van der Waals surface area (Å²) < 4.78 is 5.65. The van der Waals surface area contributed by atoms with E-state index in [9.17, 15) is 5.26 Å². The molecule has 0 spiro atoms. The average molecular weight is 274 g/mol. The van der Waals surface area contributed by atoms with Gasteiger partial charge in [-0.25, -0.2) is 0 Å². The molecule has 1 unspecified atom stereocenters. The fourth-order valence-corrected chi connectivity index (χ4v) is 2.15. The Bertz CT molecular complexity index is 462. The Hall–Kier alpha value is -1.57. The molecule has 0 aromatic heterocycles. The lowest BCUT2D eigenvalue weighted by Crippen LogP contribution is -2.42. The predicted molar refractivity (Wildman–Crippen MR) is 77.3 cm³/mol. The molecule has 20 heavy (non-hydrogen) atoms. The van der Waals surface area contributed by atoms with Gasteiger partial charge in [-0.3, -0.25) is 5.32 Å². The summed E-state index contributed by atoms with van der Waals surface area (Å²) in [5, 5.41) is 21.6. The van der Waals surface area contributed by atoms with Crippen LogP contribution in [0.1, 0.15) is 38.2 Å². The van der Waals surface area contributed by atoms with Crippen LogP contribution in [0.5, 0.6) is 5.75 Å². The maximum atomic E-state index is 9.26. The van der Waals surface area contributed by atoms with E-state index in [0.29, 0.717) is 12.6 Å². The summed E-state index contributed by atoms with van der Waals surface area (Å²) in [6, 6.07) is 10.3. The Kier molecular flexibility index (Phi) is 4.99. The number of hydrogen-bond acceptors (Lipinski definition) is 4. The standard InChI is InChI=1S/C16H22N2O2/c1-16(12-17,18-14-5-6-14)9-2-10-20-15-7-3-13(11-19)4-8-15/h3-4,7-8,14,18-19H,2,5-6,9-11H2,1H3. The number of ether oxygens (including phenoxy) is 1. The summed E-state index contributed by atoms with van der Waals surface area (Å²) in [7, 11) is 0. The van der Waals surface area contributed by atoms with E-state index in [-0.39, 0.29) is 6.61 Å². The molecule has 2 rings (SSSR count). The van der Waals surface area contributed by atoms with Crippen LogP contribution in [0.3, 0.4) is 0 Å². The number of nitrogens with one attached hydrogen (secondary N) is 1. The number of hydrogen-bond donors (Lipinski definition) is 2. The van der Waals surface area contributed by atoms with Gasteiger partial charge in [-0.1, -0.05) is 12.1 Å². The highest BCUT2D eigenvalue weighted by Crippen LogP contribution is 2.24. The van der Waals surface area contributed by atoms with Crippen LogP contribution in [0.25, 0.3) is 0 Å². The normalized spacial score (nSPS) is 17.2. The molecular formula is C16H22N2O2. The molecule has 1 atom stereocenters. The summed E-state index contributed by atoms with van der Waals surface area (Å²) >= 11 is 0. The smallest absolute Gasteiger partial charge is 0.119 e. The lowest BCUT2D eigenvalue weighted by molar-refractivity contribution is 0.278. The lowest BCUT2D eigenvalue weighted by atomic mass is 9.98. The zero-order chi connectivity index (χ0) is 14.4. The highest BCUT2D eigenvalue weighted by atomic mass is 16.5. The second-order valence-electron chi connectivity index (χ2n) is 5.62. The number of nitriles is 1. The van der Waals surface area contributed by atoms with E-state index in [0.717, 1.165) is 24.2 Å². The van der Waals surface area contributed by atoms with Gasteiger partial charge in [-0.2, -0.15) is 5.26 Å². The minimum Gasteiger partial charge on any atom is -0.494 e. The summed E-state index contributed by atoms with van der Waals surface area (Å²) in [5.74, 6) is 0.802. The van der Waals surface area contributed by atoms with Crippen molar-refractivity contribution in [3.8, 4) is 11.8 Å². The first-order valence-corrected chi connectivity index (χ1v) is 7.17. The van der Waals surface area contributed by atoms with Gasteiger partial charge in [-0.15, -0.1) is 0 Å². The third kappa shape index (κ3) is 4.52. The number of rotatable bonds is 8. The fraction of sp³-hybridized carbons (Fsp3) is 0.562. The monoisotopic (exact) mass is 274 g/mol. The van der Waals surface area contributed by atoms with Gasteiger partial charge >= 0.3 is 0 Å². The van der Waals surface area contributed by atoms with Crippen molar-refractivity contribution in [3.05, 3.63) is 29.8 Å². The van der Waals surface area contributed by atoms with Crippen molar-refractivity contribution in [2.24, 2.45) is 0 Å². The summed E-state index contributed by atoms with van der Waals surface area (Å²) in [6.07, 6.45) is 4.00. The second kappa shape index (κ2) is 6.74. The number of nitrogens with zero attached hydrogens (tertiary/aromatic N) is 1. The molecule has 1 aliphatic rings. The second-order valence-corrected chi connectivity index (χ2v) is 5.62. The molecule has 108 valence electrons. The van der Waals surface area contributed by atoms with E-state index in [2.05, 4.69) is 11.4 Å². The van der Waals surface area contributed by atoms with E-state index in [1.165, 1.54) is 12.8 Å². The molecule has 0 radical (unpaired) electrons. The summed E-state index contributed by atoms with van der Waals surface area (Å²) in [6.45, 7) is 2.61. The molecule has 4 nitrogen and oxygen atoms in total. The van der Waals surface area contributed by atoms with Crippen LogP contribution in [-0.2, 0) is 6.61 Å². The van der Waals surface area contributed by atoms with Crippen LogP contribution >= 0.6 is 0 Å². The highest BCUT2D eigenvalue weighted by molar-refractivity contribution is 5.26. The molecule has 0 amide bonds. The minimum absolute atomic E-state index is 0.0492. The lowest BCUT2D eigenvalue weighted by Gasteiger charge is -2.23. The molecule has 0 saturated heterocycles. The van der Waals surface area contributed by atoms with E-state index in [4.69, 9.17) is 9.84 Å². The van der Waals surface area contributed by atoms with E-state index in [1.807, 2.05) is 31.2 Å². The van der Waals surface area contributed by atoms with Crippen LogP contribution in [-0.4, -0.2) is 23.3 Å². The van der Waals surface area contributed by atoms with Crippen LogP contribution in [0.15, 0.2) is 24.3 Å². The van der Waals surface area contributed by atoms with E-state index in [1.54, 1.807) is 0 Å². The Labute approximate surface area is 120 Å². The third-order valence-electron chi connectivity index (χ3n) is 3.54. The van der Waals surface area contributed by atoms with Gasteiger partial charge in [-0.05, 0) is 50.3 Å². The largest absolute Gasteiger partial charge is 0.494 e. The molecule has 4 heteroatoms. The predicted octanol–water partition coefficient (Wildman–Crippen LogP) is 2.37. The van der Waals surface area contributed by atoms with Crippen LogP contribution < -0.4 is 10.1 Å². The number of aliphatic hydroxyl groups excluding tert-OH is 1. The van der Waals surface area contributed by atoms with Crippen molar-refractivity contribution in [1.29, 1.82) is 5.26 Å². The van der Waals surface area contributed by atoms with Gasteiger partial charge in [0.25, 0.3) is 0 Å². The van der Waals surface area contributed by atoms with E-state index < -0.39 is 5.54 Å². The van der Waals surface area contributed by atoms with Crippen molar-refractivity contribution in [3.63, 3.8) is 0 Å². The van der Waals surface area contributed by atoms with Crippen molar-refractivity contribution in [2.75, 3.05) is 6.61 Å². The zero-order valence-corrected chi connectivity index (χ0v) is 11.9. The summed E-state index contributed by atoms with van der Waals surface area (Å²) in [4.78, 5) is 0. The maximum absolute atomic E-state index is 9.26. The van der Waals surface area contributed by atoms with Gasteiger partial charge in [0.05, 0.1) is 19.3 Å². The molecular weight excluding hydrogens is 252 g/mol. The molecule has 1 fully saturated rings. The third-order valence-corrected chi connectivity index (χ3v) is 3.54. The quantitative estimate of drug-likeness (QED) is 0.714. The Morgan fingerprint density at radius 3 is 2.65 bits per heavy atom. The summed E-state index contributed by atoms with van der Waals surface area (Å²) in [5.41, 5.74) is 0.439. The molecule has 1 aromatic carbocycles.